The number of nitrogens with one attached hydrogen (secondary N) is 1. The van der Waals surface area contributed by atoms with Crippen molar-refractivity contribution in [2.75, 3.05) is 38.5 Å². The van der Waals surface area contributed by atoms with E-state index < -0.39 is 42.2 Å². The molecule has 17 heteroatoms. The number of nitrogens with zero attached hydrogens (tertiary/aromatic N) is 3. The highest BCUT2D eigenvalue weighted by Crippen LogP contribution is 2.39. The van der Waals surface area contributed by atoms with Gasteiger partial charge in [-0.05, 0) is 115 Å². The van der Waals surface area contributed by atoms with E-state index in [0.717, 1.165) is 56.4 Å². The molecule has 0 spiro atoms. The fourth-order valence-electron chi connectivity index (χ4n) is 8.94. The fourth-order valence-corrected chi connectivity index (χ4v) is 10.6. The summed E-state index contributed by atoms with van der Waals surface area (Å²) in [6, 6.07) is 27.5. The van der Waals surface area contributed by atoms with E-state index in [2.05, 4.69) is 15.2 Å². The van der Waals surface area contributed by atoms with E-state index in [9.17, 15) is 23.2 Å². The zero-order valence-electron chi connectivity index (χ0n) is 36.9. The van der Waals surface area contributed by atoms with Crippen LogP contribution in [0.2, 0.25) is 10.0 Å². The van der Waals surface area contributed by atoms with E-state index in [1.54, 1.807) is 48.5 Å². The first-order valence-electron chi connectivity index (χ1n) is 22.7. The molecule has 5 aromatic rings. The molecule has 356 valence electrons. The molecule has 0 unspecified atom stereocenters. The van der Waals surface area contributed by atoms with E-state index >= 15 is 0 Å². The molecule has 5 fully saturated rings. The Labute approximate surface area is 407 Å². The molecule has 10 rings (SSSR count). The molecule has 1 N–H and O–H groups in total. The third-order valence-electron chi connectivity index (χ3n) is 12.7. The number of hydrogen-bond acceptors (Lipinski definition) is 12. The highest BCUT2D eigenvalue weighted by atomic mass is 35.5. The van der Waals surface area contributed by atoms with Crippen molar-refractivity contribution in [2.24, 2.45) is 11.8 Å². The molecule has 2 bridgehead atoms. The summed E-state index contributed by atoms with van der Waals surface area (Å²) >= 11 is 14.5. The first kappa shape index (κ1) is 47.6. The Bertz CT molecular complexity index is 2570. The summed E-state index contributed by atoms with van der Waals surface area (Å²) in [6.45, 7) is 0.973. The van der Waals surface area contributed by atoms with Gasteiger partial charge in [-0.15, -0.1) is 11.8 Å². The number of carbonyl (C=O) groups is 3. The standard InChI is InChI=1S/C51H50Cl2F2N4O8S/c52-40-26-56-27-41(53)39(40)25-43(35-14-15-42(66-50(54)55)44(24-35)63-30-31-12-13-31)65-49(61)47-59(20-21-68-47)28-32-6-4-11-38(22-32)64-48(60)37-10-5-9-36(23-37)46(34-7-2-1-3-8-34)57-51(62)67-45-29-58-18-16-33(45)17-19-58/h1-11,14-15,22-24,26-27,31,33,43,45-47,50H,12-13,16-21,25,28-30H2,(H,57,62)/t43-,45-,46-,47-/m0/s1. The van der Waals surface area contributed by atoms with Gasteiger partial charge < -0.3 is 29.0 Å². The molecular formula is C51H50Cl2F2N4O8S. The van der Waals surface area contributed by atoms with E-state index in [1.165, 1.54) is 30.2 Å². The topological polar surface area (TPSA) is 129 Å². The summed E-state index contributed by atoms with van der Waals surface area (Å²) in [5.41, 5.74) is 3.56. The number of amides is 1. The lowest BCUT2D eigenvalue weighted by molar-refractivity contribution is -0.152. The van der Waals surface area contributed by atoms with Gasteiger partial charge >= 0.3 is 24.6 Å². The number of fused-ring (bicyclic) bond motifs is 3. The largest absolute Gasteiger partial charge is 0.489 e. The van der Waals surface area contributed by atoms with Crippen LogP contribution in [0.4, 0.5) is 13.6 Å². The lowest BCUT2D eigenvalue weighted by Gasteiger charge is -2.43. The normalized spacial score (nSPS) is 20.9. The van der Waals surface area contributed by atoms with Crippen LogP contribution in [0.15, 0.2) is 109 Å². The molecule has 1 saturated carbocycles. The van der Waals surface area contributed by atoms with Gasteiger partial charge in [0.25, 0.3) is 0 Å². The van der Waals surface area contributed by atoms with Gasteiger partial charge in [0.05, 0.1) is 28.3 Å². The molecule has 4 saturated heterocycles. The van der Waals surface area contributed by atoms with Crippen LogP contribution in [-0.2, 0) is 27.2 Å². The lowest BCUT2D eigenvalue weighted by Crippen LogP contribution is -2.52. The van der Waals surface area contributed by atoms with Crippen molar-refractivity contribution in [1.82, 2.24) is 20.1 Å². The van der Waals surface area contributed by atoms with Gasteiger partial charge in [0.1, 0.15) is 18.0 Å². The van der Waals surface area contributed by atoms with Crippen molar-refractivity contribution in [1.29, 1.82) is 0 Å². The van der Waals surface area contributed by atoms with Crippen LogP contribution in [0, 0.1) is 11.8 Å². The van der Waals surface area contributed by atoms with Crippen molar-refractivity contribution in [2.45, 2.75) is 68.9 Å². The average Bonchev–Trinajstić information content (AvgIpc) is 4.06. The van der Waals surface area contributed by atoms with Crippen molar-refractivity contribution in [3.05, 3.63) is 153 Å². The summed E-state index contributed by atoms with van der Waals surface area (Å²) in [5, 5.41) is 2.90. The molecule has 1 amide bonds. The number of alkyl halides is 2. The number of piperidine rings is 3. The van der Waals surface area contributed by atoms with E-state index in [4.69, 9.17) is 46.9 Å². The van der Waals surface area contributed by atoms with Gasteiger partial charge in [0, 0.05) is 44.2 Å². The summed E-state index contributed by atoms with van der Waals surface area (Å²) < 4.78 is 55.7. The smallest absolute Gasteiger partial charge is 0.408 e. The minimum absolute atomic E-state index is 0.0620. The monoisotopic (exact) mass is 986 g/mol. The van der Waals surface area contributed by atoms with Crippen LogP contribution in [-0.4, -0.2) is 89.4 Å². The first-order valence-corrected chi connectivity index (χ1v) is 24.5. The maximum Gasteiger partial charge on any atom is 0.408 e. The van der Waals surface area contributed by atoms with Crippen LogP contribution in [0.3, 0.4) is 0 Å². The minimum atomic E-state index is -3.07. The van der Waals surface area contributed by atoms with Crippen LogP contribution in [0.1, 0.15) is 76.0 Å². The third kappa shape index (κ3) is 12.0. The molecule has 4 aliphatic heterocycles. The molecule has 0 radical (unpaired) electrons. The van der Waals surface area contributed by atoms with Crippen LogP contribution >= 0.6 is 35.0 Å². The lowest BCUT2D eigenvalue weighted by atomic mass is 9.86. The van der Waals surface area contributed by atoms with Crippen LogP contribution in [0.5, 0.6) is 17.2 Å². The number of carbonyl (C=O) groups excluding carboxylic acids is 3. The first-order chi connectivity index (χ1) is 33.0. The Kier molecular flexibility index (Phi) is 15.3. The zero-order valence-corrected chi connectivity index (χ0v) is 39.3. The van der Waals surface area contributed by atoms with Gasteiger partial charge in [-0.25, -0.2) is 14.4 Å². The van der Waals surface area contributed by atoms with Crippen molar-refractivity contribution in [3.8, 4) is 17.2 Å². The minimum Gasteiger partial charge on any atom is -0.489 e. The second-order valence-corrected chi connectivity index (χ2v) is 19.5. The number of rotatable bonds is 18. The predicted octanol–water partition coefficient (Wildman–Crippen LogP) is 10.3. The Hall–Kier alpha value is -5.45. The van der Waals surface area contributed by atoms with E-state index in [1.807, 2.05) is 47.4 Å². The molecule has 4 aromatic carbocycles. The highest BCUT2D eigenvalue weighted by Gasteiger charge is 2.38. The molecule has 12 nitrogen and oxygen atoms in total. The second-order valence-electron chi connectivity index (χ2n) is 17.5. The maximum absolute atomic E-state index is 14.2. The number of ether oxygens (including phenoxy) is 5. The number of aromatic nitrogens is 1. The number of benzene rings is 4. The Morgan fingerprint density at radius 3 is 2.32 bits per heavy atom. The predicted molar refractivity (Wildman–Crippen MR) is 253 cm³/mol. The molecule has 5 aliphatic rings. The van der Waals surface area contributed by atoms with Crippen molar-refractivity contribution in [3.63, 3.8) is 0 Å². The third-order valence-corrected chi connectivity index (χ3v) is 14.6. The number of esters is 2. The fraction of sp³-hybridized carbons (Fsp3) is 0.373. The summed E-state index contributed by atoms with van der Waals surface area (Å²) in [4.78, 5) is 49.7. The summed E-state index contributed by atoms with van der Waals surface area (Å²) in [5.74, 6) is 0.518. The van der Waals surface area contributed by atoms with Gasteiger partial charge in [-0.1, -0.05) is 83.9 Å². The van der Waals surface area contributed by atoms with Crippen LogP contribution in [0.25, 0.3) is 0 Å². The average molecular weight is 988 g/mol. The zero-order chi connectivity index (χ0) is 47.1. The molecular weight excluding hydrogens is 938 g/mol. The quantitative estimate of drug-likeness (QED) is 0.0663. The van der Waals surface area contributed by atoms with Crippen LogP contribution < -0.4 is 19.5 Å². The molecule has 1 aromatic heterocycles. The van der Waals surface area contributed by atoms with Gasteiger partial charge in [-0.3, -0.25) is 14.8 Å². The Morgan fingerprint density at radius 1 is 0.824 bits per heavy atom. The molecule has 5 heterocycles. The van der Waals surface area contributed by atoms with Gasteiger partial charge in [0.15, 0.2) is 16.9 Å². The van der Waals surface area contributed by atoms with Gasteiger partial charge in [0.2, 0.25) is 0 Å². The van der Waals surface area contributed by atoms with Gasteiger partial charge in [-0.2, -0.15) is 8.78 Å². The number of thioether (sulfide) groups is 1. The highest BCUT2D eigenvalue weighted by molar-refractivity contribution is 8.00. The van der Waals surface area contributed by atoms with E-state index in [-0.39, 0.29) is 34.1 Å². The summed E-state index contributed by atoms with van der Waals surface area (Å²) in [7, 11) is 0. The Morgan fingerprint density at radius 2 is 1.59 bits per heavy atom. The number of alkyl carbamates (subject to hydrolysis) is 1. The number of pyridine rings is 1. The van der Waals surface area contributed by atoms with E-state index in [0.29, 0.717) is 65.3 Å². The second kappa shape index (κ2) is 21.9. The Balaban J connectivity index is 0.876. The number of halogens is 4. The molecule has 68 heavy (non-hydrogen) atoms. The molecule has 1 aliphatic carbocycles. The molecule has 4 atom stereocenters. The van der Waals surface area contributed by atoms with Crippen molar-refractivity contribution >= 4 is 53.0 Å². The SMILES string of the molecule is O=C(N[C@@H](c1ccccc1)c1cccc(C(=O)Oc2cccc(CN3CCS[C@H]3C(=O)O[C@@H](Cc3c(Cl)cncc3Cl)c3ccc(OC(F)F)c(OCC4CC4)c3)c2)c1)O[C@H]1CN2CCC1CC2. The maximum atomic E-state index is 14.2. The van der Waals surface area contributed by atoms with Crippen molar-refractivity contribution < 1.29 is 46.8 Å². The summed E-state index contributed by atoms with van der Waals surface area (Å²) in [6.07, 6.45) is 5.34. The number of hydrogen-bond donors (Lipinski definition) is 1.